The molecule has 2 N–H and O–H groups in total. The Morgan fingerprint density at radius 3 is 2.67 bits per heavy atom. The molecular weight excluding hydrogens is 474 g/mol. The molecule has 0 radical (unpaired) electrons. The summed E-state index contributed by atoms with van der Waals surface area (Å²) in [7, 11) is 0. The zero-order valence-electron chi connectivity index (χ0n) is 20.6. The molecule has 2 aromatic heterocycles. The third-order valence-electron chi connectivity index (χ3n) is 7.10. The third kappa shape index (κ3) is 4.74. The minimum Gasteiger partial charge on any atom is -0.478 e. The fraction of sp³-hybridized carbons (Fsp3) is 0.370. The molecule has 2 aliphatic rings. The maximum atomic E-state index is 11.6. The van der Waals surface area contributed by atoms with Crippen LogP contribution in [0.4, 0.5) is 0 Å². The summed E-state index contributed by atoms with van der Waals surface area (Å²) in [6.45, 7) is 9.21. The highest BCUT2D eigenvalue weighted by molar-refractivity contribution is 7.80. The molecule has 2 atom stereocenters. The first-order chi connectivity index (χ1) is 17.4. The molecule has 5 rings (SSSR count). The van der Waals surface area contributed by atoms with E-state index in [1.54, 1.807) is 18.2 Å². The van der Waals surface area contributed by atoms with E-state index in [1.165, 1.54) is 0 Å². The number of pyridine rings is 1. The number of carboxylic acids is 1. The Morgan fingerprint density at radius 1 is 1.14 bits per heavy atom. The molecule has 4 heterocycles. The van der Waals surface area contributed by atoms with Crippen molar-refractivity contribution in [1.82, 2.24) is 24.7 Å². The summed E-state index contributed by atoms with van der Waals surface area (Å²) in [6.07, 6.45) is 1.81. The minimum absolute atomic E-state index is 0.0453. The number of hydrogen-bond donors (Lipinski definition) is 2. The molecule has 2 saturated heterocycles. The molecule has 0 unspecified atom stereocenters. The quantitative estimate of drug-likeness (QED) is 0.473. The van der Waals surface area contributed by atoms with Crippen molar-refractivity contribution in [3.05, 3.63) is 82.9 Å². The van der Waals surface area contributed by atoms with E-state index in [9.17, 15) is 9.90 Å². The number of nitrogens with zero attached hydrogens (tertiary/aromatic N) is 4. The van der Waals surface area contributed by atoms with Gasteiger partial charge < -0.3 is 24.6 Å². The highest BCUT2D eigenvalue weighted by Crippen LogP contribution is 2.41. The van der Waals surface area contributed by atoms with Gasteiger partial charge in [-0.2, -0.15) is 0 Å². The van der Waals surface area contributed by atoms with E-state index in [4.69, 9.17) is 17.0 Å². The number of thiocarbonyl (C=S) groups is 1. The number of ether oxygens (including phenoxy) is 1. The maximum absolute atomic E-state index is 11.6. The summed E-state index contributed by atoms with van der Waals surface area (Å²) in [5.74, 6) is -0.936. The molecule has 2 fully saturated rings. The molecular formula is C27H31N5O3S. The Balaban J connectivity index is 1.53. The molecule has 0 aliphatic carbocycles. The van der Waals surface area contributed by atoms with E-state index in [0.717, 1.165) is 72.8 Å². The van der Waals surface area contributed by atoms with Gasteiger partial charge in [0.15, 0.2) is 5.11 Å². The lowest BCUT2D eigenvalue weighted by Crippen LogP contribution is -2.42. The monoisotopic (exact) mass is 505 g/mol. The van der Waals surface area contributed by atoms with Crippen LogP contribution in [0.5, 0.6) is 0 Å². The summed E-state index contributed by atoms with van der Waals surface area (Å²) in [5.41, 5.74) is 5.29. The second-order valence-corrected chi connectivity index (χ2v) is 9.68. The van der Waals surface area contributed by atoms with Crippen molar-refractivity contribution < 1.29 is 14.6 Å². The van der Waals surface area contributed by atoms with Crippen molar-refractivity contribution in [2.75, 3.05) is 39.4 Å². The Hall–Kier alpha value is -3.27. The van der Waals surface area contributed by atoms with Crippen LogP contribution in [0.3, 0.4) is 0 Å². The van der Waals surface area contributed by atoms with Crippen LogP contribution in [-0.4, -0.2) is 74.9 Å². The Labute approximate surface area is 216 Å². The number of benzene rings is 1. The molecule has 188 valence electrons. The van der Waals surface area contributed by atoms with Crippen LogP contribution in [0.2, 0.25) is 0 Å². The van der Waals surface area contributed by atoms with Gasteiger partial charge in [0.2, 0.25) is 0 Å². The largest absolute Gasteiger partial charge is 0.478 e. The van der Waals surface area contributed by atoms with E-state index < -0.39 is 5.97 Å². The maximum Gasteiger partial charge on any atom is 0.335 e. The van der Waals surface area contributed by atoms with Gasteiger partial charge in [-0.1, -0.05) is 12.1 Å². The van der Waals surface area contributed by atoms with E-state index in [1.807, 2.05) is 30.5 Å². The summed E-state index contributed by atoms with van der Waals surface area (Å²) in [5, 5.41) is 13.8. The fourth-order valence-corrected chi connectivity index (χ4v) is 5.65. The number of carbonyl (C=O) groups is 1. The molecule has 1 aromatic carbocycles. The lowest BCUT2D eigenvalue weighted by atomic mass is 9.96. The van der Waals surface area contributed by atoms with Crippen molar-refractivity contribution >= 4 is 23.3 Å². The zero-order valence-corrected chi connectivity index (χ0v) is 21.4. The summed E-state index contributed by atoms with van der Waals surface area (Å²) in [6, 6.07) is 15.1. The molecule has 3 aromatic rings. The van der Waals surface area contributed by atoms with E-state index in [0.29, 0.717) is 0 Å². The van der Waals surface area contributed by atoms with Gasteiger partial charge in [0.05, 0.1) is 36.6 Å². The number of aromatic nitrogens is 2. The lowest BCUT2D eigenvalue weighted by Gasteiger charge is -2.32. The van der Waals surface area contributed by atoms with Crippen molar-refractivity contribution in [2.24, 2.45) is 0 Å². The van der Waals surface area contributed by atoms with Crippen molar-refractivity contribution in [3.63, 3.8) is 0 Å². The molecule has 9 heteroatoms. The molecule has 36 heavy (non-hydrogen) atoms. The predicted molar refractivity (Wildman–Crippen MR) is 142 cm³/mol. The Bertz CT molecular complexity index is 1260. The van der Waals surface area contributed by atoms with Crippen LogP contribution in [0, 0.1) is 13.8 Å². The highest BCUT2D eigenvalue weighted by Gasteiger charge is 2.41. The molecule has 0 bridgehead atoms. The van der Waals surface area contributed by atoms with Crippen molar-refractivity contribution in [2.45, 2.75) is 25.9 Å². The Morgan fingerprint density at radius 2 is 1.94 bits per heavy atom. The van der Waals surface area contributed by atoms with Gasteiger partial charge in [-0.05, 0) is 68.0 Å². The smallest absolute Gasteiger partial charge is 0.335 e. The number of nitrogens with one attached hydrogen (secondary N) is 1. The zero-order chi connectivity index (χ0) is 25.2. The number of hydrogen-bond acceptors (Lipinski definition) is 5. The number of carboxylic acid groups (broad SMARTS) is 1. The second-order valence-electron chi connectivity index (χ2n) is 9.29. The van der Waals surface area contributed by atoms with E-state index >= 15 is 0 Å². The molecule has 8 nitrogen and oxygen atoms in total. The van der Waals surface area contributed by atoms with Crippen LogP contribution in [-0.2, 0) is 4.74 Å². The van der Waals surface area contributed by atoms with Crippen LogP contribution >= 0.6 is 12.2 Å². The molecule has 0 amide bonds. The topological polar surface area (TPSA) is 82.9 Å². The predicted octanol–water partition coefficient (Wildman–Crippen LogP) is 3.49. The van der Waals surface area contributed by atoms with Gasteiger partial charge in [-0.15, -0.1) is 0 Å². The number of aryl methyl sites for hydroxylation is 1. The van der Waals surface area contributed by atoms with Gasteiger partial charge >= 0.3 is 5.97 Å². The van der Waals surface area contributed by atoms with Gasteiger partial charge in [-0.3, -0.25) is 9.88 Å². The van der Waals surface area contributed by atoms with Gasteiger partial charge in [0.1, 0.15) is 0 Å². The first-order valence-electron chi connectivity index (χ1n) is 12.2. The number of rotatable bonds is 7. The fourth-order valence-electron chi connectivity index (χ4n) is 5.32. The summed E-state index contributed by atoms with van der Waals surface area (Å²) < 4.78 is 7.64. The molecule has 2 aliphatic heterocycles. The number of aromatic carboxylic acids is 1. The lowest BCUT2D eigenvalue weighted by molar-refractivity contribution is 0.0350. The molecule has 0 spiro atoms. The van der Waals surface area contributed by atoms with Gasteiger partial charge in [0.25, 0.3) is 0 Å². The van der Waals surface area contributed by atoms with E-state index in [2.05, 4.69) is 44.6 Å². The van der Waals surface area contributed by atoms with Crippen LogP contribution in [0.1, 0.15) is 45.1 Å². The number of morpholine rings is 1. The second kappa shape index (κ2) is 10.4. The third-order valence-corrected chi connectivity index (χ3v) is 7.45. The first-order valence-corrected chi connectivity index (χ1v) is 12.7. The first kappa shape index (κ1) is 24.4. The van der Waals surface area contributed by atoms with Gasteiger partial charge in [-0.25, -0.2) is 4.79 Å². The molecule has 0 saturated carbocycles. The van der Waals surface area contributed by atoms with E-state index in [-0.39, 0.29) is 17.6 Å². The average Bonchev–Trinajstić information content (AvgIpc) is 3.38. The SMILES string of the molecule is Cc1cc([C@H]2[C@@H](c3ccccn3)NC(=S)N2CCN2CCOCC2)c(C)n1-c1cccc(C(=O)O)c1. The van der Waals surface area contributed by atoms with Crippen LogP contribution in [0.25, 0.3) is 5.69 Å². The van der Waals surface area contributed by atoms with Gasteiger partial charge in [0, 0.05) is 49.5 Å². The van der Waals surface area contributed by atoms with Crippen LogP contribution in [0.15, 0.2) is 54.7 Å². The standard InChI is InChI=1S/C27H31N5O3S/c1-18-16-22(19(2)32(18)21-7-5-6-20(17-21)26(33)34)25-24(23-8-3-4-9-28-23)29-27(36)31(25)11-10-30-12-14-35-15-13-30/h3-9,16-17,24-25H,10-15H2,1-2H3,(H,29,36)(H,33,34)/t24-,25+/m1/s1. The summed E-state index contributed by atoms with van der Waals surface area (Å²) >= 11 is 5.86. The van der Waals surface area contributed by atoms with Crippen LogP contribution < -0.4 is 5.32 Å². The van der Waals surface area contributed by atoms with Crippen molar-refractivity contribution in [3.8, 4) is 5.69 Å². The minimum atomic E-state index is -0.936. The van der Waals surface area contributed by atoms with Crippen molar-refractivity contribution in [1.29, 1.82) is 0 Å². The highest BCUT2D eigenvalue weighted by atomic mass is 32.1. The average molecular weight is 506 g/mol. The summed E-state index contributed by atoms with van der Waals surface area (Å²) in [4.78, 5) is 20.9. The normalized spacial score (nSPS) is 20.5. The Kier molecular flexibility index (Phi) is 7.04.